The second-order valence-corrected chi connectivity index (χ2v) is 30.0. The average Bonchev–Trinajstić information content (AvgIpc) is 3.85. The van der Waals surface area contributed by atoms with Crippen LogP contribution in [0.5, 0.6) is 0 Å². The van der Waals surface area contributed by atoms with Gasteiger partial charge in [0.2, 0.25) is 20.0 Å². The van der Waals surface area contributed by atoms with Gasteiger partial charge in [0, 0.05) is 22.9 Å². The number of aryl methyl sites for hydroxylation is 2. The molecule has 0 bridgehead atoms. The van der Waals surface area contributed by atoms with Gasteiger partial charge in [-0.1, -0.05) is 111 Å². The van der Waals surface area contributed by atoms with E-state index in [1.54, 1.807) is 12.1 Å². The Hall–Kier alpha value is -3.07. The van der Waals surface area contributed by atoms with E-state index in [0.29, 0.717) is 11.6 Å². The van der Waals surface area contributed by atoms with Crippen LogP contribution in [0.15, 0.2) is 137 Å². The Balaban J connectivity index is 0.000000406. The van der Waals surface area contributed by atoms with Crippen molar-refractivity contribution in [2.75, 3.05) is 11.1 Å². The standard InChI is InChI=1S/C19H20N2O2S.C8H8O.C6H8N2O2S.C5H6.2CH4.3ClH.In/c1-12-5-7-13(8-6-12)19-16-4-2-3-15(16)17-11-14(24(20,22)23)9-10-18(17)21-19;1-7-2-4-8(6-9)5-3-7;7-5-1-3-6(4-2-5)11(8,9)10;1-2-4-5-3-1;;;;;;/h2-3,5-11,15-16,19,21H,4H2,1H3,(H2,20,22,23);2-6H,1H3;1-4H,7H2,(H2,8,9,10);1-4H,5H2;2*1H4;3*1H;/q;;;;;;;;;+3/p-3. The molecule has 0 radical (unpaired) electrons. The number of halogens is 3. The van der Waals surface area contributed by atoms with Gasteiger partial charge in [-0.2, -0.15) is 0 Å². The van der Waals surface area contributed by atoms with E-state index in [2.05, 4.69) is 73.0 Å². The van der Waals surface area contributed by atoms with Crippen LogP contribution >= 0.6 is 25.7 Å². The molecule has 0 fully saturated rings. The summed E-state index contributed by atoms with van der Waals surface area (Å²) < 4.78 is 44.7. The van der Waals surface area contributed by atoms with Gasteiger partial charge in [-0.15, -0.1) is 0 Å². The Labute approximate surface area is 346 Å². The first-order chi connectivity index (χ1) is 25.0. The van der Waals surface area contributed by atoms with Gasteiger partial charge in [-0.3, -0.25) is 4.79 Å². The number of carbonyl (C=O) groups excluding carboxylic acids is 1. The summed E-state index contributed by atoms with van der Waals surface area (Å²) in [7, 11) is 7.78. The molecule has 9 nitrogen and oxygen atoms in total. The third kappa shape index (κ3) is 16.9. The van der Waals surface area contributed by atoms with E-state index in [9.17, 15) is 21.6 Å². The fraction of sp³-hybridized carbons (Fsp3) is 0.225. The van der Waals surface area contributed by atoms with Gasteiger partial charge >= 0.3 is 43.6 Å². The van der Waals surface area contributed by atoms with Crippen molar-refractivity contribution in [3.63, 3.8) is 0 Å². The maximum absolute atomic E-state index is 11.7. The fourth-order valence-corrected chi connectivity index (χ4v) is 6.61. The molecular formula is C40H50Cl3InN4O5S2. The number of rotatable bonds is 4. The molecule has 0 aromatic heterocycles. The van der Waals surface area contributed by atoms with Crippen LogP contribution in [0.3, 0.4) is 0 Å². The zero-order valence-corrected chi connectivity index (χ0v) is 36.3. The Morgan fingerprint density at radius 2 is 1.22 bits per heavy atom. The summed E-state index contributed by atoms with van der Waals surface area (Å²) in [6, 6.07) is 27.1. The minimum atomic E-state index is -3.69. The van der Waals surface area contributed by atoms with Gasteiger partial charge < -0.3 is 11.1 Å². The van der Waals surface area contributed by atoms with Crippen LogP contribution in [0.25, 0.3) is 0 Å². The summed E-state index contributed by atoms with van der Waals surface area (Å²) in [6.45, 7) is 4.08. The van der Waals surface area contributed by atoms with Crippen molar-refractivity contribution in [3.8, 4) is 0 Å². The molecule has 55 heavy (non-hydrogen) atoms. The predicted molar refractivity (Wildman–Crippen MR) is 234 cm³/mol. The third-order valence-corrected chi connectivity index (χ3v) is 10.0. The summed E-state index contributed by atoms with van der Waals surface area (Å²) in [6.07, 6.45) is 15.7. The molecule has 1 heterocycles. The van der Waals surface area contributed by atoms with Crippen molar-refractivity contribution in [2.24, 2.45) is 16.2 Å². The molecule has 3 atom stereocenters. The van der Waals surface area contributed by atoms with Crippen LogP contribution in [0.2, 0.25) is 0 Å². The van der Waals surface area contributed by atoms with Crippen molar-refractivity contribution in [2.45, 2.75) is 63.3 Å². The quantitative estimate of drug-likeness (QED) is 0.0895. The SMILES string of the molecule is C.C.C1=CCC=C1.Cc1ccc(C2Nc3ccc(S(N)(=O)=O)cc3C3C=CCC32)cc1.Cc1ccc(C=O)cc1.Nc1ccc(S(N)(=O)=O)cc1.[Cl][In]([Cl])[Cl]. The Kier molecular flexibility index (Phi) is 21.7. The average molecular weight is 952 g/mol. The van der Waals surface area contributed by atoms with E-state index in [0.717, 1.165) is 35.9 Å². The van der Waals surface area contributed by atoms with Crippen molar-refractivity contribution in [3.05, 3.63) is 155 Å². The first-order valence-electron chi connectivity index (χ1n) is 16.3. The first-order valence-corrected chi connectivity index (χ1v) is 31.9. The Morgan fingerprint density at radius 3 is 1.67 bits per heavy atom. The number of nitrogens with two attached hydrogens (primary N) is 3. The molecule has 7 rings (SSSR count). The molecule has 4 aromatic carbocycles. The second-order valence-electron chi connectivity index (χ2n) is 12.2. The van der Waals surface area contributed by atoms with E-state index in [1.165, 1.54) is 41.0 Å². The molecular weight excluding hydrogens is 902 g/mol. The van der Waals surface area contributed by atoms with Crippen molar-refractivity contribution in [1.29, 1.82) is 0 Å². The number of anilines is 2. The molecule has 0 amide bonds. The third-order valence-electron chi connectivity index (χ3n) is 8.18. The van der Waals surface area contributed by atoms with Gasteiger partial charge in [0.1, 0.15) is 6.29 Å². The maximum atomic E-state index is 11.7. The number of sulfonamides is 2. The number of hydrogen-bond donors (Lipinski definition) is 4. The molecule has 2 aliphatic carbocycles. The van der Waals surface area contributed by atoms with Crippen LogP contribution in [0.4, 0.5) is 11.4 Å². The molecule has 0 saturated heterocycles. The molecule has 0 saturated carbocycles. The summed E-state index contributed by atoms with van der Waals surface area (Å²) in [5.41, 5.74) is 12.3. The number of fused-ring (bicyclic) bond motifs is 3. The molecule has 3 unspecified atom stereocenters. The summed E-state index contributed by atoms with van der Waals surface area (Å²) in [5, 5.41) is 13.7. The van der Waals surface area contributed by atoms with E-state index in [1.807, 2.05) is 37.3 Å². The van der Waals surface area contributed by atoms with Crippen LogP contribution in [0, 0.1) is 19.8 Å². The fourth-order valence-electron chi connectivity index (χ4n) is 5.55. The molecule has 7 N–H and O–H groups in total. The van der Waals surface area contributed by atoms with Crippen LogP contribution in [-0.4, -0.2) is 41.0 Å². The number of allylic oxidation sites excluding steroid dienone is 6. The monoisotopic (exact) mass is 950 g/mol. The number of nitrogen functional groups attached to an aromatic ring is 1. The number of primary sulfonamides is 2. The van der Waals surface area contributed by atoms with Gasteiger partial charge in [0.15, 0.2) is 0 Å². The Bertz CT molecular complexity index is 2100. The zero-order chi connectivity index (χ0) is 39.2. The predicted octanol–water partition coefficient (Wildman–Crippen LogP) is 9.66. The first kappa shape index (κ1) is 49.9. The van der Waals surface area contributed by atoms with E-state index in [4.69, 9.17) is 41.7 Å². The van der Waals surface area contributed by atoms with Crippen LogP contribution in [0.1, 0.15) is 72.3 Å². The molecule has 4 aromatic rings. The molecule has 296 valence electrons. The van der Waals surface area contributed by atoms with Crippen molar-refractivity contribution >= 4 is 81.3 Å². The van der Waals surface area contributed by atoms with Crippen molar-refractivity contribution < 1.29 is 21.6 Å². The van der Waals surface area contributed by atoms with Crippen LogP contribution in [-0.2, 0) is 20.0 Å². The molecule has 1 aliphatic heterocycles. The number of nitrogens with one attached hydrogen (secondary N) is 1. The summed E-state index contributed by atoms with van der Waals surface area (Å²) in [5.74, 6) is 0.602. The zero-order valence-electron chi connectivity index (χ0n) is 29.1. The van der Waals surface area contributed by atoms with E-state index in [-0.39, 0.29) is 36.6 Å². The van der Waals surface area contributed by atoms with Gasteiger partial charge in [-0.25, -0.2) is 27.1 Å². The summed E-state index contributed by atoms with van der Waals surface area (Å²) >= 11 is -2.22. The molecule has 15 heteroatoms. The van der Waals surface area contributed by atoms with E-state index < -0.39 is 37.9 Å². The normalized spacial score (nSPS) is 16.7. The van der Waals surface area contributed by atoms with Crippen molar-refractivity contribution in [1.82, 2.24) is 0 Å². The molecule has 3 aliphatic rings. The van der Waals surface area contributed by atoms with E-state index >= 15 is 0 Å². The number of aldehydes is 1. The summed E-state index contributed by atoms with van der Waals surface area (Å²) in [4.78, 5) is 10.4. The van der Waals surface area contributed by atoms with Gasteiger partial charge in [0.05, 0.1) is 15.8 Å². The van der Waals surface area contributed by atoms with Gasteiger partial charge in [0.25, 0.3) is 0 Å². The van der Waals surface area contributed by atoms with Crippen LogP contribution < -0.4 is 21.3 Å². The molecule has 0 spiro atoms. The minimum absolute atomic E-state index is 0. The second kappa shape index (κ2) is 23.9. The topological polar surface area (TPSA) is 175 Å². The Morgan fingerprint density at radius 1 is 0.727 bits per heavy atom. The number of carbonyl (C=O) groups is 1. The van der Waals surface area contributed by atoms with Gasteiger partial charge in [-0.05, 0) is 86.2 Å². The number of benzene rings is 4. The number of hydrogen-bond acceptors (Lipinski definition) is 7.